The molecule has 0 radical (unpaired) electrons. The molecule has 1 aliphatic heterocycles. The largest absolute Gasteiger partial charge is 0.416 e. The molecule has 10 heteroatoms. The third-order valence-electron chi connectivity index (χ3n) is 4.41. The summed E-state index contributed by atoms with van der Waals surface area (Å²) in [5.41, 5.74) is 0.137. The minimum Gasteiger partial charge on any atom is -0.345 e. The molecule has 0 unspecified atom stereocenters. The minimum atomic E-state index is -4.37. The third-order valence-corrected chi connectivity index (χ3v) is 5.51. The van der Waals surface area contributed by atoms with Gasteiger partial charge < -0.3 is 9.80 Å². The van der Waals surface area contributed by atoms with Crippen molar-refractivity contribution in [3.05, 3.63) is 45.9 Å². The van der Waals surface area contributed by atoms with E-state index in [9.17, 15) is 18.0 Å². The molecule has 0 spiro atoms. The highest BCUT2D eigenvalue weighted by molar-refractivity contribution is 7.22. The first-order valence-electron chi connectivity index (χ1n) is 8.35. The lowest BCUT2D eigenvalue weighted by Gasteiger charge is -2.34. The van der Waals surface area contributed by atoms with Gasteiger partial charge in [-0.3, -0.25) is 9.78 Å². The number of thiazole rings is 1. The normalized spacial score (nSPS) is 15.6. The van der Waals surface area contributed by atoms with Gasteiger partial charge in [0.2, 0.25) is 5.95 Å². The Balaban J connectivity index is 1.51. The zero-order valence-electron chi connectivity index (χ0n) is 14.4. The van der Waals surface area contributed by atoms with E-state index in [1.807, 2.05) is 9.80 Å². The Labute approximate surface area is 156 Å². The SMILES string of the molecule is Cc1cc(=O)[nH]c(N2CCN(c3nc4cc(C(F)(F)F)ccc4s3)CC2)n1. The number of alkyl halides is 3. The predicted molar refractivity (Wildman–Crippen MR) is 98.6 cm³/mol. The second kappa shape index (κ2) is 6.52. The molecule has 1 aliphatic rings. The number of aryl methyl sites for hydroxylation is 1. The number of nitrogens with zero attached hydrogens (tertiary/aromatic N) is 4. The van der Waals surface area contributed by atoms with Crippen molar-refractivity contribution in [2.24, 2.45) is 0 Å². The number of hydrogen-bond donors (Lipinski definition) is 1. The topological polar surface area (TPSA) is 65.1 Å². The Hall–Kier alpha value is -2.62. The van der Waals surface area contributed by atoms with E-state index in [0.29, 0.717) is 48.5 Å². The molecule has 0 atom stereocenters. The van der Waals surface area contributed by atoms with Crippen molar-refractivity contribution in [3.63, 3.8) is 0 Å². The van der Waals surface area contributed by atoms with Gasteiger partial charge in [-0.1, -0.05) is 11.3 Å². The molecule has 3 heterocycles. The number of anilines is 2. The van der Waals surface area contributed by atoms with Gasteiger partial charge in [0.1, 0.15) is 0 Å². The van der Waals surface area contributed by atoms with Crippen LogP contribution in [0.1, 0.15) is 11.3 Å². The fourth-order valence-electron chi connectivity index (χ4n) is 3.05. The van der Waals surface area contributed by atoms with E-state index in [1.54, 1.807) is 6.92 Å². The lowest BCUT2D eigenvalue weighted by atomic mass is 10.2. The molecular formula is C17H16F3N5OS. The summed E-state index contributed by atoms with van der Waals surface area (Å²) in [7, 11) is 0. The number of hydrogen-bond acceptors (Lipinski definition) is 6. The molecule has 2 aromatic heterocycles. The van der Waals surface area contributed by atoms with Crippen molar-refractivity contribution >= 4 is 32.6 Å². The van der Waals surface area contributed by atoms with Crippen LogP contribution in [0.15, 0.2) is 29.1 Å². The highest BCUT2D eigenvalue weighted by atomic mass is 32.1. The molecule has 3 aromatic rings. The van der Waals surface area contributed by atoms with Gasteiger partial charge in [-0.05, 0) is 25.1 Å². The zero-order chi connectivity index (χ0) is 19.2. The van der Waals surface area contributed by atoms with E-state index in [-0.39, 0.29) is 5.56 Å². The molecule has 1 saturated heterocycles. The first-order valence-corrected chi connectivity index (χ1v) is 9.17. The van der Waals surface area contributed by atoms with Crippen LogP contribution in [0.2, 0.25) is 0 Å². The minimum absolute atomic E-state index is 0.188. The summed E-state index contributed by atoms with van der Waals surface area (Å²) in [5, 5.41) is 0.703. The number of rotatable bonds is 2. The van der Waals surface area contributed by atoms with Gasteiger partial charge in [0.15, 0.2) is 5.13 Å². The van der Waals surface area contributed by atoms with Crippen LogP contribution in [0.25, 0.3) is 10.2 Å². The number of aromatic nitrogens is 3. The van der Waals surface area contributed by atoms with Crippen LogP contribution in [-0.4, -0.2) is 41.1 Å². The first-order chi connectivity index (χ1) is 12.8. The van der Waals surface area contributed by atoms with Crippen LogP contribution in [0.3, 0.4) is 0 Å². The molecule has 4 rings (SSSR count). The zero-order valence-corrected chi connectivity index (χ0v) is 15.2. The average molecular weight is 395 g/mol. The molecular weight excluding hydrogens is 379 g/mol. The summed E-state index contributed by atoms with van der Waals surface area (Å²) < 4.78 is 39.3. The molecule has 0 amide bonds. The monoisotopic (exact) mass is 395 g/mol. The first kappa shape index (κ1) is 17.8. The van der Waals surface area contributed by atoms with E-state index in [1.165, 1.54) is 23.5 Å². The second-order valence-corrected chi connectivity index (χ2v) is 7.37. The highest BCUT2D eigenvalue weighted by Gasteiger charge is 2.31. The molecule has 142 valence electrons. The Bertz CT molecular complexity index is 1040. The van der Waals surface area contributed by atoms with Gasteiger partial charge in [0.05, 0.1) is 15.8 Å². The van der Waals surface area contributed by atoms with Gasteiger partial charge in [-0.2, -0.15) is 13.2 Å². The molecule has 0 saturated carbocycles. The Morgan fingerprint density at radius 1 is 1.07 bits per heavy atom. The number of nitrogens with one attached hydrogen (secondary N) is 1. The average Bonchev–Trinajstić information content (AvgIpc) is 3.03. The lowest BCUT2D eigenvalue weighted by molar-refractivity contribution is -0.137. The molecule has 1 aromatic carbocycles. The smallest absolute Gasteiger partial charge is 0.345 e. The van der Waals surface area contributed by atoms with Crippen molar-refractivity contribution in [3.8, 4) is 0 Å². The van der Waals surface area contributed by atoms with Gasteiger partial charge in [-0.25, -0.2) is 9.97 Å². The fraction of sp³-hybridized carbons (Fsp3) is 0.353. The fourth-order valence-corrected chi connectivity index (χ4v) is 4.05. The standard InChI is InChI=1S/C17H16F3N5OS/c1-10-8-14(26)23-15(21-10)24-4-6-25(7-5-24)16-22-12-9-11(17(18,19)20)2-3-13(12)27-16/h2-3,8-9H,4-7H2,1H3,(H,21,23,26). The van der Waals surface area contributed by atoms with Crippen LogP contribution in [0, 0.1) is 6.92 Å². The summed E-state index contributed by atoms with van der Waals surface area (Å²) >= 11 is 1.38. The summed E-state index contributed by atoms with van der Waals surface area (Å²) in [4.78, 5) is 27.1. The van der Waals surface area contributed by atoms with E-state index in [2.05, 4.69) is 15.0 Å². The maximum Gasteiger partial charge on any atom is 0.416 e. The van der Waals surface area contributed by atoms with Crippen LogP contribution in [0.5, 0.6) is 0 Å². The third kappa shape index (κ3) is 3.61. The van der Waals surface area contributed by atoms with Crippen LogP contribution < -0.4 is 15.4 Å². The van der Waals surface area contributed by atoms with Crippen LogP contribution >= 0.6 is 11.3 Å². The van der Waals surface area contributed by atoms with Crippen molar-refractivity contribution in [1.82, 2.24) is 15.0 Å². The number of piperazine rings is 1. The van der Waals surface area contributed by atoms with E-state index >= 15 is 0 Å². The Kier molecular flexibility index (Phi) is 4.29. The van der Waals surface area contributed by atoms with E-state index in [4.69, 9.17) is 0 Å². The molecule has 27 heavy (non-hydrogen) atoms. The second-order valence-electron chi connectivity index (χ2n) is 6.36. The molecule has 1 fully saturated rings. The number of aromatic amines is 1. The summed E-state index contributed by atoms with van der Waals surface area (Å²) in [6.45, 7) is 4.32. The highest BCUT2D eigenvalue weighted by Crippen LogP contribution is 2.35. The molecule has 0 bridgehead atoms. The Morgan fingerprint density at radius 2 is 1.78 bits per heavy atom. The number of halogens is 3. The van der Waals surface area contributed by atoms with E-state index < -0.39 is 11.7 Å². The van der Waals surface area contributed by atoms with Gasteiger partial charge in [0, 0.05) is 37.9 Å². The quantitative estimate of drug-likeness (QED) is 0.723. The van der Waals surface area contributed by atoms with Gasteiger partial charge in [0.25, 0.3) is 5.56 Å². The molecule has 0 aliphatic carbocycles. The summed E-state index contributed by atoms with van der Waals surface area (Å²) in [6, 6.07) is 5.09. The predicted octanol–water partition coefficient (Wildman–Crippen LogP) is 3.03. The molecule has 6 nitrogen and oxygen atoms in total. The number of H-pyrrole nitrogens is 1. The summed E-state index contributed by atoms with van der Waals surface area (Å²) in [6.07, 6.45) is -4.37. The van der Waals surface area contributed by atoms with Gasteiger partial charge in [-0.15, -0.1) is 0 Å². The van der Waals surface area contributed by atoms with Crippen LogP contribution in [0.4, 0.5) is 24.3 Å². The number of benzene rings is 1. The number of fused-ring (bicyclic) bond motifs is 1. The van der Waals surface area contributed by atoms with E-state index in [0.717, 1.165) is 16.8 Å². The maximum absolute atomic E-state index is 12.9. The van der Waals surface area contributed by atoms with Crippen molar-refractivity contribution in [1.29, 1.82) is 0 Å². The molecule has 1 N–H and O–H groups in total. The van der Waals surface area contributed by atoms with Crippen molar-refractivity contribution in [2.75, 3.05) is 36.0 Å². The summed E-state index contributed by atoms with van der Waals surface area (Å²) in [5.74, 6) is 0.541. The lowest BCUT2D eigenvalue weighted by Crippen LogP contribution is -2.47. The maximum atomic E-state index is 12.9. The van der Waals surface area contributed by atoms with Crippen molar-refractivity contribution < 1.29 is 13.2 Å². The van der Waals surface area contributed by atoms with Crippen molar-refractivity contribution in [2.45, 2.75) is 13.1 Å². The van der Waals surface area contributed by atoms with Crippen LogP contribution in [-0.2, 0) is 6.18 Å². The Morgan fingerprint density at radius 3 is 2.44 bits per heavy atom. The van der Waals surface area contributed by atoms with Gasteiger partial charge >= 0.3 is 6.18 Å².